The van der Waals surface area contributed by atoms with Crippen LogP contribution in [0.25, 0.3) is 0 Å². The van der Waals surface area contributed by atoms with Gasteiger partial charge in [-0.05, 0) is 24.6 Å². The number of rotatable bonds is 5. The van der Waals surface area contributed by atoms with E-state index in [1.165, 1.54) is 0 Å². The first kappa shape index (κ1) is 13.8. The third-order valence-electron chi connectivity index (χ3n) is 3.68. The highest BCUT2D eigenvalue weighted by atomic mass is 28.4. The summed E-state index contributed by atoms with van der Waals surface area (Å²) in [5.41, 5.74) is 0. The maximum Gasteiger partial charge on any atom is 0.192 e. The van der Waals surface area contributed by atoms with Crippen molar-refractivity contribution in [3.63, 3.8) is 0 Å². The first-order valence-electron chi connectivity index (χ1n) is 6.01. The molecule has 1 aliphatic heterocycles. The number of hydrogen-bond acceptors (Lipinski definition) is 2. The van der Waals surface area contributed by atoms with Crippen LogP contribution >= 0.6 is 0 Å². The Bertz CT molecular complexity index is 273. The summed E-state index contributed by atoms with van der Waals surface area (Å²) in [4.78, 5) is 0. The minimum absolute atomic E-state index is 0.274. The molecular formula is C13H24O2Si. The fourth-order valence-corrected chi connectivity index (χ4v) is 2.33. The molecular weight excluding hydrogens is 216 g/mol. The van der Waals surface area contributed by atoms with E-state index in [9.17, 15) is 0 Å². The van der Waals surface area contributed by atoms with Crippen LogP contribution in [0, 0.1) is 12.3 Å². The van der Waals surface area contributed by atoms with Crippen LogP contribution in [0.15, 0.2) is 0 Å². The molecule has 92 valence electrons. The maximum absolute atomic E-state index is 6.09. The smallest absolute Gasteiger partial charge is 0.192 e. The molecule has 1 aliphatic rings. The van der Waals surface area contributed by atoms with Crippen LogP contribution in [0.2, 0.25) is 18.1 Å². The van der Waals surface area contributed by atoms with Crippen LogP contribution in [-0.4, -0.2) is 27.1 Å². The fraction of sp³-hybridized carbons (Fsp3) is 0.846. The van der Waals surface area contributed by atoms with Crippen LogP contribution in [0.1, 0.15) is 33.6 Å². The summed E-state index contributed by atoms with van der Waals surface area (Å²) in [6.45, 7) is 12.0. The summed E-state index contributed by atoms with van der Waals surface area (Å²) in [6, 6.07) is 0. The molecule has 0 bridgehead atoms. The molecule has 0 N–H and O–H groups in total. The van der Waals surface area contributed by atoms with Gasteiger partial charge in [-0.25, -0.2) is 0 Å². The van der Waals surface area contributed by atoms with Crippen molar-refractivity contribution in [3.8, 4) is 12.3 Å². The van der Waals surface area contributed by atoms with E-state index in [4.69, 9.17) is 15.6 Å². The Morgan fingerprint density at radius 3 is 2.44 bits per heavy atom. The molecule has 0 aromatic heterocycles. The van der Waals surface area contributed by atoms with Gasteiger partial charge in [0.2, 0.25) is 0 Å². The van der Waals surface area contributed by atoms with Gasteiger partial charge < -0.3 is 9.16 Å². The third kappa shape index (κ3) is 3.62. The molecule has 1 saturated heterocycles. The first-order valence-corrected chi connectivity index (χ1v) is 8.91. The van der Waals surface area contributed by atoms with Crippen molar-refractivity contribution < 1.29 is 9.16 Å². The van der Waals surface area contributed by atoms with E-state index in [1.807, 2.05) is 0 Å². The Morgan fingerprint density at radius 1 is 1.31 bits per heavy atom. The largest absolute Gasteiger partial charge is 0.414 e. The topological polar surface area (TPSA) is 21.8 Å². The Balaban J connectivity index is 2.25. The maximum atomic E-state index is 6.09. The standard InChI is InChI=1S/C13H24O2Si/c1-7-8-9-11-12(15-11)10-14-16(5,6)13(2,3)4/h1,11-12H,8-10H2,2-6H3/t11-,12+/m1/s1. The molecule has 0 radical (unpaired) electrons. The van der Waals surface area contributed by atoms with E-state index in [0.717, 1.165) is 19.4 Å². The SMILES string of the molecule is C#CCC[C@H]1O[C@H]1CO[Si](C)(C)C(C)(C)C. The van der Waals surface area contributed by atoms with Gasteiger partial charge in [0, 0.05) is 6.42 Å². The van der Waals surface area contributed by atoms with Crippen LogP contribution in [0.3, 0.4) is 0 Å². The summed E-state index contributed by atoms with van der Waals surface area (Å²) in [5.74, 6) is 2.64. The lowest BCUT2D eigenvalue weighted by atomic mass is 10.2. The van der Waals surface area contributed by atoms with Crippen LogP contribution in [-0.2, 0) is 9.16 Å². The molecule has 0 unspecified atom stereocenters. The zero-order chi connectivity index (χ0) is 12.4. The van der Waals surface area contributed by atoms with Crippen LogP contribution < -0.4 is 0 Å². The predicted octanol–water partition coefficient (Wildman–Crippen LogP) is 3.19. The lowest BCUT2D eigenvalue weighted by Gasteiger charge is -2.36. The Labute approximate surface area is 101 Å². The molecule has 0 amide bonds. The summed E-state index contributed by atoms with van der Waals surface area (Å²) >= 11 is 0. The molecule has 1 heterocycles. The van der Waals surface area contributed by atoms with Gasteiger partial charge in [0.05, 0.1) is 12.7 Å². The Hall–Kier alpha value is -0.303. The zero-order valence-electron chi connectivity index (χ0n) is 11.2. The van der Waals surface area contributed by atoms with Gasteiger partial charge in [-0.15, -0.1) is 12.3 Å². The van der Waals surface area contributed by atoms with E-state index >= 15 is 0 Å². The summed E-state index contributed by atoms with van der Waals surface area (Å²) < 4.78 is 11.6. The van der Waals surface area contributed by atoms with Crippen molar-refractivity contribution in [2.75, 3.05) is 6.61 Å². The second kappa shape index (κ2) is 4.91. The molecule has 0 aliphatic carbocycles. The quantitative estimate of drug-likeness (QED) is 0.418. The van der Waals surface area contributed by atoms with Gasteiger partial charge in [0.1, 0.15) is 6.10 Å². The van der Waals surface area contributed by atoms with Crippen molar-refractivity contribution in [1.29, 1.82) is 0 Å². The van der Waals surface area contributed by atoms with Crippen molar-refractivity contribution in [1.82, 2.24) is 0 Å². The molecule has 0 aromatic rings. The summed E-state index contributed by atoms with van der Waals surface area (Å²) in [5, 5.41) is 0.274. The monoisotopic (exact) mass is 240 g/mol. The van der Waals surface area contributed by atoms with E-state index in [-0.39, 0.29) is 5.04 Å². The summed E-state index contributed by atoms with van der Waals surface area (Å²) in [7, 11) is -1.61. The highest BCUT2D eigenvalue weighted by Gasteiger charge is 2.42. The fourth-order valence-electron chi connectivity index (χ4n) is 1.31. The number of terminal acetylenes is 1. The lowest BCUT2D eigenvalue weighted by molar-refractivity contribution is 0.241. The predicted molar refractivity (Wildman–Crippen MR) is 69.9 cm³/mol. The minimum Gasteiger partial charge on any atom is -0.414 e. The molecule has 0 spiro atoms. The second-order valence-electron chi connectivity index (χ2n) is 6.03. The Morgan fingerprint density at radius 2 is 1.94 bits per heavy atom. The van der Waals surface area contributed by atoms with Gasteiger partial charge in [0.15, 0.2) is 8.32 Å². The minimum atomic E-state index is -1.61. The molecule has 2 atom stereocenters. The van der Waals surface area contributed by atoms with Gasteiger partial charge >= 0.3 is 0 Å². The second-order valence-corrected chi connectivity index (χ2v) is 10.8. The highest BCUT2D eigenvalue weighted by molar-refractivity contribution is 6.74. The van der Waals surface area contributed by atoms with E-state index in [2.05, 4.69) is 39.8 Å². The van der Waals surface area contributed by atoms with Gasteiger partial charge in [-0.2, -0.15) is 0 Å². The molecule has 1 rings (SSSR count). The van der Waals surface area contributed by atoms with E-state index in [1.54, 1.807) is 0 Å². The Kier molecular flexibility index (Phi) is 4.22. The normalized spacial score (nSPS) is 25.2. The van der Waals surface area contributed by atoms with Crippen molar-refractivity contribution in [2.45, 2.75) is 64.0 Å². The van der Waals surface area contributed by atoms with Gasteiger partial charge in [-0.1, -0.05) is 20.8 Å². The van der Waals surface area contributed by atoms with Gasteiger partial charge in [0.25, 0.3) is 0 Å². The molecule has 2 nitrogen and oxygen atoms in total. The molecule has 0 saturated carbocycles. The molecule has 0 aromatic carbocycles. The zero-order valence-corrected chi connectivity index (χ0v) is 12.2. The average molecular weight is 240 g/mol. The van der Waals surface area contributed by atoms with Crippen molar-refractivity contribution in [3.05, 3.63) is 0 Å². The van der Waals surface area contributed by atoms with Crippen LogP contribution in [0.4, 0.5) is 0 Å². The third-order valence-corrected chi connectivity index (χ3v) is 8.18. The van der Waals surface area contributed by atoms with E-state index in [0.29, 0.717) is 12.2 Å². The van der Waals surface area contributed by atoms with Crippen LogP contribution in [0.5, 0.6) is 0 Å². The number of hydrogen-bond donors (Lipinski definition) is 0. The van der Waals surface area contributed by atoms with Crippen molar-refractivity contribution >= 4 is 8.32 Å². The molecule has 1 fully saturated rings. The first-order chi connectivity index (χ1) is 7.28. The molecule has 3 heteroatoms. The average Bonchev–Trinajstić information content (AvgIpc) is 2.88. The van der Waals surface area contributed by atoms with E-state index < -0.39 is 8.32 Å². The number of epoxide rings is 1. The van der Waals surface area contributed by atoms with Crippen molar-refractivity contribution in [2.24, 2.45) is 0 Å². The molecule has 16 heavy (non-hydrogen) atoms. The van der Waals surface area contributed by atoms with Gasteiger partial charge in [-0.3, -0.25) is 0 Å². The highest BCUT2D eigenvalue weighted by Crippen LogP contribution is 2.38. The number of ether oxygens (including phenoxy) is 1. The summed E-state index contributed by atoms with van der Waals surface area (Å²) in [6.07, 6.45) is 7.64. The lowest BCUT2D eigenvalue weighted by Crippen LogP contribution is -2.41.